The summed E-state index contributed by atoms with van der Waals surface area (Å²) in [6.45, 7) is 0.307. The highest BCUT2D eigenvalue weighted by Crippen LogP contribution is 2.20. The van der Waals surface area contributed by atoms with Crippen LogP contribution in [-0.2, 0) is 6.54 Å². The molecule has 5 heteroatoms. The molecule has 0 spiro atoms. The van der Waals surface area contributed by atoms with Crippen LogP contribution in [0.2, 0.25) is 5.02 Å². The number of hydrogen-bond acceptors (Lipinski definition) is 2. The summed E-state index contributed by atoms with van der Waals surface area (Å²) >= 11 is 5.72. The van der Waals surface area contributed by atoms with Gasteiger partial charge in [0.25, 0.3) is 0 Å². The monoisotopic (exact) mass is 269 g/mol. The fourth-order valence-corrected chi connectivity index (χ4v) is 1.78. The molecule has 2 rings (SSSR count). The Hall–Kier alpha value is -1.81. The minimum absolute atomic E-state index is 0.307. The van der Waals surface area contributed by atoms with Crippen molar-refractivity contribution >= 4 is 17.3 Å². The third-order valence-electron chi connectivity index (χ3n) is 2.37. The van der Waals surface area contributed by atoms with Gasteiger partial charge in [-0.3, -0.25) is 0 Å². The van der Waals surface area contributed by atoms with E-state index in [0.717, 1.165) is 6.07 Å². The van der Waals surface area contributed by atoms with Gasteiger partial charge in [0.1, 0.15) is 5.82 Å². The second kappa shape index (κ2) is 5.23. The van der Waals surface area contributed by atoms with Gasteiger partial charge in [0.05, 0.1) is 0 Å². The van der Waals surface area contributed by atoms with Crippen molar-refractivity contribution in [2.75, 3.05) is 5.32 Å². The van der Waals surface area contributed by atoms with Gasteiger partial charge < -0.3 is 10.4 Å². The summed E-state index contributed by atoms with van der Waals surface area (Å²) in [6.07, 6.45) is 0. The van der Waals surface area contributed by atoms with Gasteiger partial charge in [-0.15, -0.1) is 0 Å². The Labute approximate surface area is 108 Å². The van der Waals surface area contributed by atoms with E-state index < -0.39 is 17.4 Å². The summed E-state index contributed by atoms with van der Waals surface area (Å²) in [5, 5.41) is 12.2. The normalized spacial score (nSPS) is 10.4. The lowest BCUT2D eigenvalue weighted by molar-refractivity contribution is 0.432. The van der Waals surface area contributed by atoms with Gasteiger partial charge in [0.15, 0.2) is 11.6 Å². The minimum Gasteiger partial charge on any atom is -0.505 e. The first-order valence-corrected chi connectivity index (χ1v) is 5.60. The fraction of sp³-hybridized carbons (Fsp3) is 0.0769. The van der Waals surface area contributed by atoms with Gasteiger partial charge in [-0.25, -0.2) is 8.78 Å². The molecule has 0 saturated carbocycles. The summed E-state index contributed by atoms with van der Waals surface area (Å²) in [5.74, 6) is -1.54. The van der Waals surface area contributed by atoms with Gasteiger partial charge >= 0.3 is 0 Å². The van der Waals surface area contributed by atoms with Crippen molar-refractivity contribution < 1.29 is 13.9 Å². The van der Waals surface area contributed by atoms with E-state index >= 15 is 0 Å². The lowest BCUT2D eigenvalue weighted by atomic mass is 10.2. The largest absolute Gasteiger partial charge is 0.505 e. The van der Waals surface area contributed by atoms with Crippen LogP contribution in [0.3, 0.4) is 0 Å². The lowest BCUT2D eigenvalue weighted by Crippen LogP contribution is -2.00. The van der Waals surface area contributed by atoms with Gasteiger partial charge in [-0.05, 0) is 35.9 Å². The standard InChI is InChI=1S/C13H10ClF2NO/c14-9-3-8(4-10(15)5-9)7-17-11-1-2-13(18)12(16)6-11/h1-6,17-18H,7H2. The first-order chi connectivity index (χ1) is 8.54. The number of phenols is 1. The molecule has 18 heavy (non-hydrogen) atoms. The molecule has 0 radical (unpaired) electrons. The van der Waals surface area contributed by atoms with E-state index in [-0.39, 0.29) is 0 Å². The average Bonchev–Trinajstić information content (AvgIpc) is 2.29. The Morgan fingerprint density at radius 3 is 2.56 bits per heavy atom. The van der Waals surface area contributed by atoms with Crippen molar-refractivity contribution in [3.05, 3.63) is 58.6 Å². The zero-order valence-electron chi connectivity index (χ0n) is 9.25. The van der Waals surface area contributed by atoms with E-state index in [4.69, 9.17) is 16.7 Å². The molecule has 0 atom stereocenters. The van der Waals surface area contributed by atoms with Crippen LogP contribution in [0.5, 0.6) is 5.75 Å². The molecule has 0 bridgehead atoms. The molecule has 0 aromatic heterocycles. The second-order valence-electron chi connectivity index (χ2n) is 3.80. The number of nitrogens with one attached hydrogen (secondary N) is 1. The number of halogens is 3. The molecule has 2 aromatic rings. The highest BCUT2D eigenvalue weighted by atomic mass is 35.5. The molecule has 2 aromatic carbocycles. The molecule has 0 fully saturated rings. The van der Waals surface area contributed by atoms with Gasteiger partial charge in [-0.1, -0.05) is 11.6 Å². The summed E-state index contributed by atoms with van der Waals surface area (Å²) in [6, 6.07) is 8.11. The molecular weight excluding hydrogens is 260 g/mol. The Bertz CT molecular complexity index is 555. The Kier molecular flexibility index (Phi) is 3.67. The third-order valence-corrected chi connectivity index (χ3v) is 2.58. The molecule has 0 unspecified atom stereocenters. The van der Waals surface area contributed by atoms with Crippen LogP contribution in [0.4, 0.5) is 14.5 Å². The van der Waals surface area contributed by atoms with E-state index in [9.17, 15) is 8.78 Å². The number of hydrogen-bond donors (Lipinski definition) is 2. The Morgan fingerprint density at radius 1 is 1.11 bits per heavy atom. The molecule has 0 aliphatic carbocycles. The summed E-state index contributed by atoms with van der Waals surface area (Å²) in [5.41, 5.74) is 1.14. The maximum absolute atomic E-state index is 13.1. The zero-order valence-corrected chi connectivity index (χ0v) is 10.0. The number of phenolic OH excluding ortho intramolecular Hbond substituents is 1. The minimum atomic E-state index is -0.711. The molecule has 94 valence electrons. The van der Waals surface area contributed by atoms with Crippen molar-refractivity contribution in [2.24, 2.45) is 0 Å². The van der Waals surface area contributed by atoms with Crippen LogP contribution >= 0.6 is 11.6 Å². The topological polar surface area (TPSA) is 32.3 Å². The van der Waals surface area contributed by atoms with Crippen molar-refractivity contribution in [3.8, 4) is 5.75 Å². The maximum Gasteiger partial charge on any atom is 0.166 e. The molecule has 0 aliphatic rings. The molecule has 0 saturated heterocycles. The van der Waals surface area contributed by atoms with Crippen LogP contribution in [0.25, 0.3) is 0 Å². The average molecular weight is 270 g/mol. The van der Waals surface area contributed by atoms with Crippen LogP contribution in [0.15, 0.2) is 36.4 Å². The number of aromatic hydroxyl groups is 1. The van der Waals surface area contributed by atoms with Crippen LogP contribution in [0, 0.1) is 11.6 Å². The van der Waals surface area contributed by atoms with Crippen LogP contribution in [0.1, 0.15) is 5.56 Å². The first-order valence-electron chi connectivity index (χ1n) is 5.22. The maximum atomic E-state index is 13.1. The number of benzene rings is 2. The van der Waals surface area contributed by atoms with Gasteiger partial charge in [0, 0.05) is 23.3 Å². The molecule has 0 amide bonds. The highest BCUT2D eigenvalue weighted by Gasteiger charge is 2.03. The Morgan fingerprint density at radius 2 is 1.89 bits per heavy atom. The number of anilines is 1. The van der Waals surface area contributed by atoms with Gasteiger partial charge in [0.2, 0.25) is 0 Å². The molecule has 0 heterocycles. The smallest absolute Gasteiger partial charge is 0.166 e. The number of rotatable bonds is 3. The SMILES string of the molecule is Oc1ccc(NCc2cc(F)cc(Cl)c2)cc1F. The van der Waals surface area contributed by atoms with E-state index in [1.54, 1.807) is 6.07 Å². The lowest BCUT2D eigenvalue weighted by Gasteiger charge is -2.07. The van der Waals surface area contributed by atoms with E-state index in [1.807, 2.05) is 0 Å². The molecular formula is C13H10ClF2NO. The van der Waals surface area contributed by atoms with Crippen molar-refractivity contribution in [1.82, 2.24) is 0 Å². The summed E-state index contributed by atoms with van der Waals surface area (Å²) < 4.78 is 26.1. The summed E-state index contributed by atoms with van der Waals surface area (Å²) in [7, 11) is 0. The Balaban J connectivity index is 2.08. The summed E-state index contributed by atoms with van der Waals surface area (Å²) in [4.78, 5) is 0. The molecule has 2 nitrogen and oxygen atoms in total. The van der Waals surface area contributed by atoms with Gasteiger partial charge in [-0.2, -0.15) is 0 Å². The van der Waals surface area contributed by atoms with Crippen LogP contribution in [-0.4, -0.2) is 5.11 Å². The third kappa shape index (κ3) is 3.11. The predicted octanol–water partition coefficient (Wildman–Crippen LogP) is 3.94. The van der Waals surface area contributed by atoms with E-state index in [1.165, 1.54) is 24.3 Å². The van der Waals surface area contributed by atoms with E-state index in [2.05, 4.69) is 5.32 Å². The van der Waals surface area contributed by atoms with Crippen molar-refractivity contribution in [2.45, 2.75) is 6.54 Å². The van der Waals surface area contributed by atoms with Crippen molar-refractivity contribution in [3.63, 3.8) is 0 Å². The highest BCUT2D eigenvalue weighted by molar-refractivity contribution is 6.30. The second-order valence-corrected chi connectivity index (χ2v) is 4.23. The van der Waals surface area contributed by atoms with E-state index in [0.29, 0.717) is 22.8 Å². The zero-order chi connectivity index (χ0) is 13.1. The van der Waals surface area contributed by atoms with Crippen molar-refractivity contribution in [1.29, 1.82) is 0 Å². The first kappa shape index (κ1) is 12.6. The predicted molar refractivity (Wildman–Crippen MR) is 66.8 cm³/mol. The quantitative estimate of drug-likeness (QED) is 0.828. The fourth-order valence-electron chi connectivity index (χ4n) is 1.53. The molecule has 2 N–H and O–H groups in total. The molecule has 0 aliphatic heterocycles. The van der Waals surface area contributed by atoms with Crippen LogP contribution < -0.4 is 5.32 Å².